The van der Waals surface area contributed by atoms with Crippen molar-refractivity contribution in [3.05, 3.63) is 76.8 Å². The molecule has 1 N–H and O–H groups in total. The lowest BCUT2D eigenvalue weighted by Crippen LogP contribution is -2.62. The molecule has 13 heteroatoms. The molecule has 5 rings (SSSR count). The Kier molecular flexibility index (Phi) is 7.49. The summed E-state index contributed by atoms with van der Waals surface area (Å²) in [5.41, 5.74) is 0.622. The van der Waals surface area contributed by atoms with E-state index in [9.17, 15) is 14.0 Å². The van der Waals surface area contributed by atoms with Gasteiger partial charge in [0.2, 0.25) is 11.2 Å². The largest absolute Gasteiger partial charge is 0.377 e. The van der Waals surface area contributed by atoms with Crippen LogP contribution in [0, 0.1) is 5.82 Å². The van der Waals surface area contributed by atoms with Crippen molar-refractivity contribution in [3.63, 3.8) is 0 Å². The topological polar surface area (TPSA) is 104 Å². The molecule has 0 bridgehead atoms. The van der Waals surface area contributed by atoms with Gasteiger partial charge in [-0.05, 0) is 30.3 Å². The molecule has 1 aromatic heterocycles. The first-order chi connectivity index (χ1) is 18.0. The number of carbonyl (C=O) groups is 2. The van der Waals surface area contributed by atoms with E-state index in [1.165, 1.54) is 34.0 Å². The molecule has 2 aromatic carbocycles. The minimum atomic E-state index is -0.573. The summed E-state index contributed by atoms with van der Waals surface area (Å²) in [6.07, 6.45) is 2.88. The number of halogens is 2. The van der Waals surface area contributed by atoms with Crippen molar-refractivity contribution in [1.82, 2.24) is 5.27 Å². The second kappa shape index (κ2) is 11.1. The summed E-state index contributed by atoms with van der Waals surface area (Å²) in [5.74, 6) is -1.31. The highest BCUT2D eigenvalue weighted by Gasteiger charge is 2.33. The second-order valence-corrected chi connectivity index (χ2v) is 9.27. The predicted molar refractivity (Wildman–Crippen MR) is 137 cm³/mol. The molecule has 10 nitrogen and oxygen atoms in total. The number of aliphatic imine (C=N–C) groups is 1. The standard InChI is InChI=1S/C24H20ClFN6O4S/c25-18-7-4-8-19(26)17(18)13-20-23(34)32(16-5-2-1-3-6-16)24(27-20)37-15-21(33)28-22-14-31(29-36-22)30-9-11-35-12-10-30/h1-8,13-14H,9-12,15H2/p+1/b20-13-. The van der Waals surface area contributed by atoms with Crippen molar-refractivity contribution in [2.75, 3.05) is 47.3 Å². The van der Waals surface area contributed by atoms with E-state index in [0.29, 0.717) is 32.0 Å². The van der Waals surface area contributed by atoms with Gasteiger partial charge in [-0.1, -0.05) is 47.6 Å². The summed E-state index contributed by atoms with van der Waals surface area (Å²) in [6.45, 7) is 2.46. The molecule has 0 radical (unpaired) electrons. The van der Waals surface area contributed by atoms with Crippen LogP contribution < -0.4 is 20.0 Å². The van der Waals surface area contributed by atoms with Gasteiger partial charge >= 0.3 is 5.88 Å². The third kappa shape index (κ3) is 5.66. The number of anilines is 2. The smallest absolute Gasteiger partial charge is 0.305 e. The first kappa shape index (κ1) is 24.9. The molecule has 2 aliphatic rings. The first-order valence-electron chi connectivity index (χ1n) is 11.3. The van der Waals surface area contributed by atoms with Crippen LogP contribution in [0.2, 0.25) is 5.02 Å². The lowest BCUT2D eigenvalue weighted by molar-refractivity contribution is -0.759. The van der Waals surface area contributed by atoms with Gasteiger partial charge in [0, 0.05) is 5.56 Å². The summed E-state index contributed by atoms with van der Waals surface area (Å²) in [7, 11) is 0. The van der Waals surface area contributed by atoms with Crippen molar-refractivity contribution < 1.29 is 28.0 Å². The molecule has 0 unspecified atom stereocenters. The third-order valence-electron chi connectivity index (χ3n) is 5.45. The van der Waals surface area contributed by atoms with E-state index >= 15 is 0 Å². The fourth-order valence-corrected chi connectivity index (χ4v) is 4.70. The number of nitrogens with zero attached hydrogens (tertiary/aromatic N) is 5. The Morgan fingerprint density at radius 1 is 1.19 bits per heavy atom. The van der Waals surface area contributed by atoms with Gasteiger partial charge in [0.1, 0.15) is 11.5 Å². The normalized spacial score (nSPS) is 16.9. The Balaban J connectivity index is 1.32. The van der Waals surface area contributed by atoms with Crippen molar-refractivity contribution in [1.29, 1.82) is 0 Å². The Morgan fingerprint density at radius 2 is 1.97 bits per heavy atom. The number of hydrogen-bond donors (Lipinski definition) is 1. The number of nitrogens with one attached hydrogen (secondary N) is 1. The fourth-order valence-electron chi connectivity index (χ4n) is 3.67. The van der Waals surface area contributed by atoms with E-state index < -0.39 is 11.7 Å². The summed E-state index contributed by atoms with van der Waals surface area (Å²) in [5, 5.41) is 8.92. The van der Waals surface area contributed by atoms with Crippen LogP contribution in [0.1, 0.15) is 5.56 Å². The highest BCUT2D eigenvalue weighted by Crippen LogP contribution is 2.31. The van der Waals surface area contributed by atoms with E-state index in [-0.39, 0.29) is 39.0 Å². The number of hydrogen-bond acceptors (Lipinski definition) is 8. The molecule has 1 saturated heterocycles. The highest BCUT2D eigenvalue weighted by molar-refractivity contribution is 8.14. The zero-order valence-electron chi connectivity index (χ0n) is 19.3. The van der Waals surface area contributed by atoms with E-state index in [2.05, 4.69) is 15.6 Å². The number of rotatable bonds is 6. The summed E-state index contributed by atoms with van der Waals surface area (Å²) in [6, 6.07) is 13.1. The average molecular weight is 544 g/mol. The van der Waals surface area contributed by atoms with Crippen LogP contribution in [-0.2, 0) is 14.3 Å². The molecule has 2 amide bonds. The van der Waals surface area contributed by atoms with E-state index in [1.807, 2.05) is 11.1 Å². The van der Waals surface area contributed by atoms with E-state index in [0.717, 1.165) is 11.8 Å². The number of carbonyl (C=O) groups excluding carboxylic acids is 2. The van der Waals surface area contributed by atoms with Crippen LogP contribution in [-0.4, -0.2) is 54.3 Å². The van der Waals surface area contributed by atoms with Crippen molar-refractivity contribution in [2.45, 2.75) is 0 Å². The fraction of sp³-hybridized carbons (Fsp3) is 0.208. The third-order valence-corrected chi connectivity index (χ3v) is 6.72. The summed E-state index contributed by atoms with van der Waals surface area (Å²) >= 11 is 7.19. The average Bonchev–Trinajstić information content (AvgIpc) is 3.50. The van der Waals surface area contributed by atoms with Crippen molar-refractivity contribution >= 4 is 58.0 Å². The Labute approximate surface area is 220 Å². The number of ether oxygens (including phenoxy) is 1. The lowest BCUT2D eigenvalue weighted by Gasteiger charge is -2.18. The minimum absolute atomic E-state index is 0.000508. The number of amides is 2. The zero-order valence-corrected chi connectivity index (χ0v) is 20.9. The van der Waals surface area contributed by atoms with Gasteiger partial charge in [-0.15, -0.1) is 5.01 Å². The van der Waals surface area contributed by atoms with E-state index in [1.54, 1.807) is 30.5 Å². The maximum atomic E-state index is 14.3. The summed E-state index contributed by atoms with van der Waals surface area (Å²) < 4.78 is 24.9. The maximum Gasteiger partial charge on any atom is 0.305 e. The number of thioether (sulfide) groups is 1. The van der Waals surface area contributed by atoms with Gasteiger partial charge in [-0.25, -0.2) is 9.38 Å². The molecule has 1 fully saturated rings. The Hall–Kier alpha value is -3.74. The number of benzene rings is 2. The molecule has 0 spiro atoms. The molecule has 190 valence electrons. The number of para-hydroxylation sites is 1. The SMILES string of the molecule is O=C(CSC1=N/C(=C\c2c(F)cccc2Cl)C(=O)N1c1ccccc1)Nc1c[n+](N2CCOCC2)no1. The second-order valence-electron chi connectivity index (χ2n) is 7.92. The monoisotopic (exact) mass is 543 g/mol. The van der Waals surface area contributed by atoms with Crippen LogP contribution in [0.25, 0.3) is 6.08 Å². The van der Waals surface area contributed by atoms with Gasteiger partial charge in [0.15, 0.2) is 5.17 Å². The molecule has 37 heavy (non-hydrogen) atoms. The van der Waals surface area contributed by atoms with Gasteiger partial charge in [0.05, 0.1) is 47.6 Å². The molecule has 3 heterocycles. The minimum Gasteiger partial charge on any atom is -0.377 e. The number of amidine groups is 1. The van der Waals surface area contributed by atoms with Crippen LogP contribution >= 0.6 is 23.4 Å². The van der Waals surface area contributed by atoms with Crippen LogP contribution in [0.3, 0.4) is 0 Å². The molecular formula is C24H21ClFN6O4S+. The molecule has 2 aliphatic heterocycles. The van der Waals surface area contributed by atoms with Gasteiger partial charge in [-0.2, -0.15) is 0 Å². The van der Waals surface area contributed by atoms with Crippen LogP contribution in [0.5, 0.6) is 0 Å². The zero-order chi connectivity index (χ0) is 25.8. The molecule has 3 aromatic rings. The van der Waals surface area contributed by atoms with E-state index in [4.69, 9.17) is 20.9 Å². The molecule has 0 aliphatic carbocycles. The number of morpholine rings is 1. The molecular weight excluding hydrogens is 523 g/mol. The van der Waals surface area contributed by atoms with Crippen molar-refractivity contribution in [2.24, 2.45) is 4.99 Å². The Bertz CT molecular complexity index is 1360. The van der Waals surface area contributed by atoms with Gasteiger partial charge < -0.3 is 4.74 Å². The van der Waals surface area contributed by atoms with Crippen LogP contribution in [0.4, 0.5) is 16.0 Å². The lowest BCUT2D eigenvalue weighted by atomic mass is 10.1. The predicted octanol–water partition coefficient (Wildman–Crippen LogP) is 2.84. The molecule has 0 saturated carbocycles. The highest BCUT2D eigenvalue weighted by atomic mass is 35.5. The maximum absolute atomic E-state index is 14.3. The van der Waals surface area contributed by atoms with Gasteiger partial charge in [0.25, 0.3) is 12.1 Å². The van der Waals surface area contributed by atoms with Crippen molar-refractivity contribution in [3.8, 4) is 0 Å². The van der Waals surface area contributed by atoms with Crippen LogP contribution in [0.15, 0.2) is 69.9 Å². The quantitative estimate of drug-likeness (QED) is 0.376. The number of aromatic nitrogens is 2. The van der Waals surface area contributed by atoms with Gasteiger partial charge in [-0.3, -0.25) is 24.3 Å². The molecule has 0 atom stereocenters. The summed E-state index contributed by atoms with van der Waals surface area (Å²) in [4.78, 5) is 33.2. The Morgan fingerprint density at radius 3 is 2.73 bits per heavy atom. The first-order valence-corrected chi connectivity index (χ1v) is 12.6.